The number of hydrogen-bond acceptors (Lipinski definition) is 2. The minimum Gasteiger partial charge on any atom is -0.399 e. The van der Waals surface area contributed by atoms with Crippen LogP contribution < -0.4 is 11.5 Å². The SMILES string of the molecule is CCCCC1C=CC(c2ccc(Cc3ccc(N)cc3)cc2)(c2ccc(Cc3ccc(N)cc3)cc2)CC1. The third kappa shape index (κ3) is 6.02. The quantitative estimate of drug-likeness (QED) is 0.179. The van der Waals surface area contributed by atoms with Gasteiger partial charge < -0.3 is 11.5 Å². The van der Waals surface area contributed by atoms with E-state index in [1.54, 1.807) is 0 Å². The fourth-order valence-electron chi connectivity index (χ4n) is 5.83. The highest BCUT2D eigenvalue weighted by molar-refractivity contribution is 5.48. The Kier molecular flexibility index (Phi) is 7.98. The van der Waals surface area contributed by atoms with Crippen LogP contribution >= 0.6 is 0 Å². The second-order valence-corrected chi connectivity index (χ2v) is 11.0. The molecule has 1 atom stereocenters. The molecule has 0 fully saturated rings. The van der Waals surface area contributed by atoms with Crippen molar-refractivity contribution in [2.45, 2.75) is 57.3 Å². The Bertz CT molecular complexity index is 1240. The van der Waals surface area contributed by atoms with Gasteiger partial charge in [0, 0.05) is 16.8 Å². The van der Waals surface area contributed by atoms with Crippen LogP contribution in [0.1, 0.15) is 72.4 Å². The summed E-state index contributed by atoms with van der Waals surface area (Å²) in [5, 5.41) is 0. The standard InChI is InChI=1S/C36H40N2/c1-2-3-4-27-21-23-36(24-22-27,32-13-5-28(6-14-32)25-30-9-17-34(37)18-10-30)33-15-7-29(8-16-33)26-31-11-19-35(38)20-12-31/h5-21,23,27H,2-4,22,24-26,37-38H2,1H3. The molecule has 1 aliphatic carbocycles. The summed E-state index contributed by atoms with van der Waals surface area (Å²) in [7, 11) is 0. The van der Waals surface area contributed by atoms with Crippen LogP contribution in [0.5, 0.6) is 0 Å². The van der Waals surface area contributed by atoms with Gasteiger partial charge in [-0.25, -0.2) is 0 Å². The van der Waals surface area contributed by atoms with Gasteiger partial charge in [0.2, 0.25) is 0 Å². The van der Waals surface area contributed by atoms with Gasteiger partial charge in [-0.15, -0.1) is 0 Å². The first-order valence-corrected chi connectivity index (χ1v) is 14.1. The number of hydrogen-bond donors (Lipinski definition) is 2. The largest absolute Gasteiger partial charge is 0.399 e. The van der Waals surface area contributed by atoms with E-state index < -0.39 is 0 Å². The summed E-state index contributed by atoms with van der Waals surface area (Å²) in [4.78, 5) is 0. The van der Waals surface area contributed by atoms with Gasteiger partial charge in [-0.1, -0.05) is 105 Å². The lowest BCUT2D eigenvalue weighted by molar-refractivity contribution is 0.419. The third-order valence-corrected chi connectivity index (χ3v) is 8.20. The van der Waals surface area contributed by atoms with Crippen LogP contribution in [0.2, 0.25) is 0 Å². The van der Waals surface area contributed by atoms with Crippen LogP contribution in [-0.2, 0) is 18.3 Å². The molecule has 0 spiro atoms. The van der Waals surface area contributed by atoms with Crippen LogP contribution in [-0.4, -0.2) is 0 Å². The van der Waals surface area contributed by atoms with E-state index >= 15 is 0 Å². The third-order valence-electron chi connectivity index (χ3n) is 8.20. The molecule has 0 amide bonds. The fourth-order valence-corrected chi connectivity index (χ4v) is 5.83. The molecule has 1 unspecified atom stereocenters. The summed E-state index contributed by atoms with van der Waals surface area (Å²) >= 11 is 0. The normalized spacial score (nSPS) is 16.4. The number of anilines is 2. The molecule has 0 saturated carbocycles. The molecule has 2 heteroatoms. The predicted molar refractivity (Wildman–Crippen MR) is 162 cm³/mol. The van der Waals surface area contributed by atoms with E-state index in [1.807, 2.05) is 24.3 Å². The van der Waals surface area contributed by atoms with Crippen LogP contribution in [0.4, 0.5) is 11.4 Å². The van der Waals surface area contributed by atoms with Crippen molar-refractivity contribution in [1.82, 2.24) is 0 Å². The second kappa shape index (κ2) is 11.7. The minimum atomic E-state index is -0.0812. The summed E-state index contributed by atoms with van der Waals surface area (Å²) in [6.45, 7) is 2.29. The maximum absolute atomic E-state index is 5.87. The van der Waals surface area contributed by atoms with Crippen LogP contribution in [0.25, 0.3) is 0 Å². The summed E-state index contributed by atoms with van der Waals surface area (Å²) in [6.07, 6.45) is 13.1. The molecule has 4 aromatic rings. The number of nitrogens with two attached hydrogens (primary N) is 2. The summed E-state index contributed by atoms with van der Waals surface area (Å²) in [5.41, 5.74) is 21.3. The Labute approximate surface area is 228 Å². The highest BCUT2D eigenvalue weighted by Gasteiger charge is 2.34. The monoisotopic (exact) mass is 500 g/mol. The van der Waals surface area contributed by atoms with Gasteiger partial charge in [0.15, 0.2) is 0 Å². The summed E-state index contributed by atoms with van der Waals surface area (Å²) in [5.74, 6) is 0.692. The number of allylic oxidation sites excluding steroid dienone is 2. The molecule has 0 heterocycles. The molecule has 38 heavy (non-hydrogen) atoms. The van der Waals surface area contributed by atoms with Crippen LogP contribution in [0, 0.1) is 5.92 Å². The van der Waals surface area contributed by atoms with Gasteiger partial charge in [0.1, 0.15) is 0 Å². The van der Waals surface area contributed by atoms with Crippen molar-refractivity contribution in [1.29, 1.82) is 0 Å². The highest BCUT2D eigenvalue weighted by atomic mass is 14.5. The minimum absolute atomic E-state index is 0.0812. The van der Waals surface area contributed by atoms with Crippen molar-refractivity contribution in [2.24, 2.45) is 5.92 Å². The average Bonchev–Trinajstić information content (AvgIpc) is 2.95. The number of nitrogen functional groups attached to an aromatic ring is 2. The number of rotatable bonds is 9. The lowest BCUT2D eigenvalue weighted by Crippen LogP contribution is -2.29. The molecule has 4 N–H and O–H groups in total. The second-order valence-electron chi connectivity index (χ2n) is 11.0. The smallest absolute Gasteiger partial charge is 0.0382 e. The Balaban J connectivity index is 1.41. The zero-order valence-corrected chi connectivity index (χ0v) is 22.6. The first-order valence-electron chi connectivity index (χ1n) is 14.1. The Morgan fingerprint density at radius 3 is 1.42 bits per heavy atom. The van der Waals surface area contributed by atoms with Crippen molar-refractivity contribution >= 4 is 11.4 Å². The number of benzene rings is 4. The lowest BCUT2D eigenvalue weighted by atomic mass is 9.66. The Morgan fingerprint density at radius 1 is 0.632 bits per heavy atom. The molecular formula is C36H40N2. The van der Waals surface area contributed by atoms with Gasteiger partial charge >= 0.3 is 0 Å². The van der Waals surface area contributed by atoms with Crippen LogP contribution in [0.3, 0.4) is 0 Å². The Hall–Kier alpha value is -3.78. The zero-order valence-electron chi connectivity index (χ0n) is 22.6. The van der Waals surface area contributed by atoms with Gasteiger partial charge in [-0.2, -0.15) is 0 Å². The molecular weight excluding hydrogens is 460 g/mol. The van der Waals surface area contributed by atoms with Crippen LogP contribution in [0.15, 0.2) is 109 Å². The molecule has 1 aliphatic rings. The average molecular weight is 501 g/mol. The molecule has 194 valence electrons. The first kappa shape index (κ1) is 25.9. The van der Waals surface area contributed by atoms with Crippen molar-refractivity contribution in [3.63, 3.8) is 0 Å². The van der Waals surface area contributed by atoms with Gasteiger partial charge in [0.25, 0.3) is 0 Å². The van der Waals surface area contributed by atoms with E-state index in [-0.39, 0.29) is 5.41 Å². The van der Waals surface area contributed by atoms with E-state index in [4.69, 9.17) is 11.5 Å². The first-order chi connectivity index (χ1) is 18.5. The van der Waals surface area contributed by atoms with E-state index in [2.05, 4.69) is 91.9 Å². The van der Waals surface area contributed by atoms with E-state index in [1.165, 1.54) is 59.1 Å². The highest BCUT2D eigenvalue weighted by Crippen LogP contribution is 2.43. The fraction of sp³-hybridized carbons (Fsp3) is 0.278. The molecule has 0 aromatic heterocycles. The van der Waals surface area contributed by atoms with Crippen molar-refractivity contribution < 1.29 is 0 Å². The van der Waals surface area contributed by atoms with Gasteiger partial charge in [0.05, 0.1) is 0 Å². The molecule has 4 aromatic carbocycles. The van der Waals surface area contributed by atoms with Crippen molar-refractivity contribution in [2.75, 3.05) is 11.5 Å². The predicted octanol–water partition coefficient (Wildman–Crippen LogP) is 8.48. The maximum Gasteiger partial charge on any atom is 0.0382 e. The van der Waals surface area contributed by atoms with E-state index in [0.29, 0.717) is 5.92 Å². The maximum atomic E-state index is 5.87. The molecule has 0 radical (unpaired) electrons. The van der Waals surface area contributed by atoms with E-state index in [9.17, 15) is 0 Å². The topological polar surface area (TPSA) is 52.0 Å². The van der Waals surface area contributed by atoms with Gasteiger partial charge in [-0.3, -0.25) is 0 Å². The molecule has 5 rings (SSSR count). The molecule has 0 bridgehead atoms. The summed E-state index contributed by atoms with van der Waals surface area (Å²) < 4.78 is 0. The van der Waals surface area contributed by atoms with Crippen molar-refractivity contribution in [3.8, 4) is 0 Å². The lowest BCUT2D eigenvalue weighted by Gasteiger charge is -2.37. The zero-order chi connectivity index (χ0) is 26.4. The Morgan fingerprint density at radius 2 is 1.05 bits per heavy atom. The molecule has 0 aliphatic heterocycles. The summed E-state index contributed by atoms with van der Waals surface area (Å²) in [6, 6.07) is 35.1. The van der Waals surface area contributed by atoms with Gasteiger partial charge in [-0.05, 0) is 95.7 Å². The van der Waals surface area contributed by atoms with E-state index in [0.717, 1.165) is 30.6 Å². The number of unbranched alkanes of at least 4 members (excludes halogenated alkanes) is 1. The molecule has 2 nitrogen and oxygen atoms in total. The van der Waals surface area contributed by atoms with Crippen molar-refractivity contribution in [3.05, 3.63) is 143 Å². The molecule has 0 saturated heterocycles.